The molecule has 0 fully saturated rings. The zero-order valence-corrected chi connectivity index (χ0v) is 9.10. The van der Waals surface area contributed by atoms with Crippen LogP contribution in [0, 0.1) is 0 Å². The van der Waals surface area contributed by atoms with E-state index in [1.165, 1.54) is 19.3 Å². The molecule has 0 aliphatic heterocycles. The molecular formula is C11H20P. The topological polar surface area (TPSA) is 0 Å². The third-order valence-corrected chi connectivity index (χ3v) is 2.74. The molecule has 0 aromatic carbocycles. The smallest absolute Gasteiger partial charge is 0.00166 e. The van der Waals surface area contributed by atoms with E-state index in [2.05, 4.69) is 29.3 Å². The lowest BCUT2D eigenvalue weighted by atomic mass is 9.94. The minimum absolute atomic E-state index is 0.222. The fourth-order valence-electron chi connectivity index (χ4n) is 1.36. The zero-order chi connectivity index (χ0) is 9.45. The van der Waals surface area contributed by atoms with E-state index >= 15 is 0 Å². The van der Waals surface area contributed by atoms with E-state index in [1.54, 1.807) is 0 Å². The highest BCUT2D eigenvalue weighted by Crippen LogP contribution is 2.33. The molecule has 0 bridgehead atoms. The Morgan fingerprint density at radius 3 is 2.08 bits per heavy atom. The molecule has 0 atom stereocenters. The fourth-order valence-corrected chi connectivity index (χ4v) is 1.82. The summed E-state index contributed by atoms with van der Waals surface area (Å²) in [6.45, 7) is 9.76. The summed E-state index contributed by atoms with van der Waals surface area (Å²) in [6, 6.07) is 0. The Bertz CT molecular complexity index is 128. The van der Waals surface area contributed by atoms with Crippen molar-refractivity contribution in [2.45, 2.75) is 44.2 Å². The van der Waals surface area contributed by atoms with Crippen molar-refractivity contribution in [2.24, 2.45) is 0 Å². The van der Waals surface area contributed by atoms with Crippen molar-refractivity contribution in [1.29, 1.82) is 0 Å². The summed E-state index contributed by atoms with van der Waals surface area (Å²) in [6.07, 6.45) is 9.73. The maximum atomic E-state index is 3.82. The first-order chi connectivity index (χ1) is 5.68. The van der Waals surface area contributed by atoms with Crippen LogP contribution >= 0.6 is 9.24 Å². The molecule has 0 spiro atoms. The highest BCUT2D eigenvalue weighted by Gasteiger charge is 2.20. The number of hydrogen-bond donors (Lipinski definition) is 0. The van der Waals surface area contributed by atoms with Crippen molar-refractivity contribution in [3.8, 4) is 0 Å². The van der Waals surface area contributed by atoms with Gasteiger partial charge in [-0.25, -0.2) is 0 Å². The van der Waals surface area contributed by atoms with Gasteiger partial charge in [0.15, 0.2) is 0 Å². The van der Waals surface area contributed by atoms with Crippen molar-refractivity contribution < 1.29 is 0 Å². The molecular weight excluding hydrogens is 163 g/mol. The van der Waals surface area contributed by atoms with Crippen molar-refractivity contribution in [3.63, 3.8) is 0 Å². The van der Waals surface area contributed by atoms with Crippen LogP contribution in [-0.4, -0.2) is 5.16 Å². The predicted octanol–water partition coefficient (Wildman–Crippen LogP) is 4.21. The van der Waals surface area contributed by atoms with E-state index < -0.39 is 0 Å². The van der Waals surface area contributed by atoms with E-state index in [4.69, 9.17) is 0 Å². The average Bonchev–Trinajstić information content (AvgIpc) is 2.02. The van der Waals surface area contributed by atoms with Crippen LogP contribution in [0.5, 0.6) is 0 Å². The molecule has 1 heteroatoms. The van der Waals surface area contributed by atoms with Gasteiger partial charge >= 0.3 is 0 Å². The second kappa shape index (κ2) is 6.43. The summed E-state index contributed by atoms with van der Waals surface area (Å²) >= 11 is 0. The molecule has 1 radical (unpaired) electrons. The van der Waals surface area contributed by atoms with E-state index in [-0.39, 0.29) is 5.16 Å². The van der Waals surface area contributed by atoms with Crippen LogP contribution in [0.1, 0.15) is 39.0 Å². The molecule has 0 saturated carbocycles. The molecule has 0 rings (SSSR count). The molecule has 12 heavy (non-hydrogen) atoms. The quantitative estimate of drug-likeness (QED) is 0.409. The first kappa shape index (κ1) is 11.9. The van der Waals surface area contributed by atoms with Gasteiger partial charge in [-0.1, -0.05) is 41.2 Å². The van der Waals surface area contributed by atoms with Crippen LogP contribution in [-0.2, 0) is 0 Å². The molecule has 0 nitrogen and oxygen atoms in total. The molecule has 0 unspecified atom stereocenters. The lowest BCUT2D eigenvalue weighted by Crippen LogP contribution is -2.18. The molecule has 0 heterocycles. The highest BCUT2D eigenvalue weighted by molar-refractivity contribution is 7.19. The molecule has 0 aliphatic carbocycles. The molecule has 0 N–H and O–H groups in total. The van der Waals surface area contributed by atoms with Crippen molar-refractivity contribution in [1.82, 2.24) is 0 Å². The Kier molecular flexibility index (Phi) is 6.38. The van der Waals surface area contributed by atoms with Crippen LogP contribution in [0.4, 0.5) is 0 Å². The Morgan fingerprint density at radius 2 is 1.75 bits per heavy atom. The minimum Gasteiger partial charge on any atom is -0.103 e. The highest BCUT2D eigenvalue weighted by atomic mass is 31.0. The summed E-state index contributed by atoms with van der Waals surface area (Å²) in [4.78, 5) is 0. The molecule has 69 valence electrons. The van der Waals surface area contributed by atoms with Gasteiger partial charge in [0, 0.05) is 0 Å². The van der Waals surface area contributed by atoms with Crippen LogP contribution in [0.2, 0.25) is 0 Å². The second-order valence-corrected chi connectivity index (χ2v) is 4.43. The van der Waals surface area contributed by atoms with Gasteiger partial charge in [-0.05, 0) is 24.4 Å². The lowest BCUT2D eigenvalue weighted by Gasteiger charge is -2.25. The summed E-state index contributed by atoms with van der Waals surface area (Å²) in [5, 5.41) is 0.222. The SMILES string of the molecule is C=CCC([PH])(CC=C)CCCC. The normalized spacial score (nSPS) is 11.2. The van der Waals surface area contributed by atoms with Gasteiger partial charge in [0.25, 0.3) is 0 Å². The van der Waals surface area contributed by atoms with Gasteiger partial charge < -0.3 is 0 Å². The fraction of sp³-hybridized carbons (Fsp3) is 0.636. The summed E-state index contributed by atoms with van der Waals surface area (Å²) in [7, 11) is 3.82. The van der Waals surface area contributed by atoms with Gasteiger partial charge in [0.2, 0.25) is 0 Å². The lowest BCUT2D eigenvalue weighted by molar-refractivity contribution is 0.523. The maximum Gasteiger partial charge on any atom is -0.00166 e. The monoisotopic (exact) mass is 183 g/mol. The number of unbranched alkanes of at least 4 members (excludes halogenated alkanes) is 1. The Hall–Kier alpha value is -0.0900. The number of allylic oxidation sites excluding steroid dienone is 2. The van der Waals surface area contributed by atoms with Gasteiger partial charge in [-0.3, -0.25) is 0 Å². The van der Waals surface area contributed by atoms with Crippen molar-refractivity contribution in [2.75, 3.05) is 0 Å². The average molecular weight is 183 g/mol. The van der Waals surface area contributed by atoms with Crippen molar-refractivity contribution >= 4 is 9.24 Å². The van der Waals surface area contributed by atoms with E-state index in [1.807, 2.05) is 12.2 Å². The van der Waals surface area contributed by atoms with Gasteiger partial charge in [0.1, 0.15) is 0 Å². The van der Waals surface area contributed by atoms with Crippen LogP contribution in [0.25, 0.3) is 0 Å². The Morgan fingerprint density at radius 1 is 1.25 bits per heavy atom. The van der Waals surface area contributed by atoms with E-state index in [9.17, 15) is 0 Å². The number of hydrogen-bond acceptors (Lipinski definition) is 0. The Balaban J connectivity index is 3.96. The van der Waals surface area contributed by atoms with Crippen LogP contribution in [0.15, 0.2) is 25.3 Å². The number of rotatable bonds is 7. The third kappa shape index (κ3) is 4.72. The Labute approximate surface area is 79.3 Å². The van der Waals surface area contributed by atoms with Crippen molar-refractivity contribution in [3.05, 3.63) is 25.3 Å². The minimum atomic E-state index is 0.222. The standard InChI is InChI=1S/C11H20P/c1-4-7-10-11(12,8-5-2)9-6-3/h5-6,12H,2-4,7-10H2,1H3. The first-order valence-electron chi connectivity index (χ1n) is 4.65. The van der Waals surface area contributed by atoms with Crippen LogP contribution < -0.4 is 0 Å². The summed E-state index contributed by atoms with van der Waals surface area (Å²) < 4.78 is 0. The third-order valence-electron chi connectivity index (χ3n) is 2.08. The van der Waals surface area contributed by atoms with Gasteiger partial charge in [-0.15, -0.1) is 13.2 Å². The van der Waals surface area contributed by atoms with Gasteiger partial charge in [-0.2, -0.15) is 0 Å². The van der Waals surface area contributed by atoms with E-state index in [0.29, 0.717) is 0 Å². The van der Waals surface area contributed by atoms with E-state index in [0.717, 1.165) is 12.8 Å². The molecule has 0 aliphatic rings. The molecule has 0 aromatic heterocycles. The first-order valence-corrected chi connectivity index (χ1v) is 5.15. The summed E-state index contributed by atoms with van der Waals surface area (Å²) in [5.74, 6) is 0. The van der Waals surface area contributed by atoms with Gasteiger partial charge in [0.05, 0.1) is 0 Å². The van der Waals surface area contributed by atoms with Crippen LogP contribution in [0.3, 0.4) is 0 Å². The summed E-state index contributed by atoms with van der Waals surface area (Å²) in [5.41, 5.74) is 0. The molecule has 0 amide bonds. The molecule has 0 saturated heterocycles. The predicted molar refractivity (Wildman–Crippen MR) is 60.2 cm³/mol. The molecule has 0 aromatic rings. The maximum absolute atomic E-state index is 3.82. The zero-order valence-electron chi connectivity index (χ0n) is 8.10. The second-order valence-electron chi connectivity index (χ2n) is 3.37. The largest absolute Gasteiger partial charge is 0.103 e.